The molecule has 1 heteroatoms. The number of carbonyl (C=O) groups excluding carboxylic acids is 1. The first-order valence-corrected chi connectivity index (χ1v) is 4.83. The highest BCUT2D eigenvalue weighted by atomic mass is 16.1. The van der Waals surface area contributed by atoms with Crippen molar-refractivity contribution in [2.75, 3.05) is 0 Å². The summed E-state index contributed by atoms with van der Waals surface area (Å²) >= 11 is 0. The molecule has 0 amide bonds. The normalized spacial score (nSPS) is 9.93. The van der Waals surface area contributed by atoms with E-state index in [4.69, 9.17) is 0 Å². The maximum atomic E-state index is 10.3. The van der Waals surface area contributed by atoms with Crippen LogP contribution in [0.15, 0.2) is 48.2 Å². The van der Waals surface area contributed by atoms with E-state index < -0.39 is 0 Å². The van der Waals surface area contributed by atoms with Crippen molar-refractivity contribution in [2.45, 2.75) is 13.3 Å². The Labute approximate surface area is 90.4 Å². The number of allylic oxidation sites excluding steroid dienone is 2. The minimum absolute atomic E-state index is 0.367. The molecule has 0 aliphatic heterocycles. The summed E-state index contributed by atoms with van der Waals surface area (Å²) in [5, 5.41) is 0. The second-order valence-electron chi connectivity index (χ2n) is 3.32. The molecular weight excluding hydrogens is 184 g/mol. The van der Waals surface area contributed by atoms with Gasteiger partial charge in [-0.1, -0.05) is 48.6 Å². The van der Waals surface area contributed by atoms with Crippen molar-refractivity contribution in [3.05, 3.63) is 59.4 Å². The molecule has 0 aromatic heterocycles. The summed E-state index contributed by atoms with van der Waals surface area (Å²) in [5.41, 5.74) is 5.89. The van der Waals surface area contributed by atoms with E-state index in [0.717, 1.165) is 17.4 Å². The minimum Gasteiger partial charge on any atom is -0.303 e. The fraction of sp³-hybridized carbons (Fsp3) is 0.143. The summed E-state index contributed by atoms with van der Waals surface area (Å²) in [7, 11) is 0. The fourth-order valence-corrected chi connectivity index (χ4v) is 1.26. The third-order valence-corrected chi connectivity index (χ3v) is 2.05. The molecule has 0 aliphatic rings. The maximum Gasteiger partial charge on any atom is 0.124 e. The van der Waals surface area contributed by atoms with Gasteiger partial charge in [0.05, 0.1) is 0 Å². The van der Waals surface area contributed by atoms with Crippen LogP contribution in [0.2, 0.25) is 0 Å². The molecule has 0 spiro atoms. The van der Waals surface area contributed by atoms with Gasteiger partial charge in [0, 0.05) is 12.0 Å². The van der Waals surface area contributed by atoms with Crippen molar-refractivity contribution in [1.82, 2.24) is 0 Å². The third-order valence-electron chi connectivity index (χ3n) is 2.05. The molecule has 0 fully saturated rings. The first kappa shape index (κ1) is 11.2. The standard InChI is InChI=1S/C14H14O/c1-3-13(9-10-15)7-8-14-6-4-5-12(2)11-14/h4-8,10-11H,1,9H2,2H3/b8-7+. The van der Waals surface area contributed by atoms with E-state index in [1.165, 1.54) is 5.56 Å². The molecule has 0 atom stereocenters. The summed E-state index contributed by atoms with van der Waals surface area (Å²) in [6.45, 7) is 5.59. The highest BCUT2D eigenvalue weighted by Crippen LogP contribution is 2.08. The van der Waals surface area contributed by atoms with E-state index in [-0.39, 0.29) is 0 Å². The first-order chi connectivity index (χ1) is 7.26. The zero-order chi connectivity index (χ0) is 11.1. The van der Waals surface area contributed by atoms with Gasteiger partial charge in [0.2, 0.25) is 0 Å². The van der Waals surface area contributed by atoms with Crippen LogP contribution < -0.4 is 0 Å². The van der Waals surface area contributed by atoms with Crippen LogP contribution in [0.3, 0.4) is 0 Å². The number of rotatable bonds is 4. The van der Waals surface area contributed by atoms with Gasteiger partial charge in [-0.15, -0.1) is 5.73 Å². The van der Waals surface area contributed by atoms with Crippen LogP contribution in [-0.4, -0.2) is 6.29 Å². The lowest BCUT2D eigenvalue weighted by Crippen LogP contribution is -1.79. The summed E-state index contributed by atoms with van der Waals surface area (Å²) in [6, 6.07) is 8.16. The number of hydrogen-bond donors (Lipinski definition) is 0. The van der Waals surface area contributed by atoms with Gasteiger partial charge in [-0.25, -0.2) is 0 Å². The highest BCUT2D eigenvalue weighted by molar-refractivity contribution is 5.60. The van der Waals surface area contributed by atoms with Gasteiger partial charge < -0.3 is 4.79 Å². The van der Waals surface area contributed by atoms with Crippen LogP contribution in [0.1, 0.15) is 17.5 Å². The van der Waals surface area contributed by atoms with Crippen molar-refractivity contribution in [2.24, 2.45) is 0 Å². The number of benzene rings is 1. The maximum absolute atomic E-state index is 10.3. The van der Waals surface area contributed by atoms with E-state index in [1.807, 2.05) is 37.3 Å². The van der Waals surface area contributed by atoms with Crippen molar-refractivity contribution in [3.63, 3.8) is 0 Å². The summed E-state index contributed by atoms with van der Waals surface area (Å²) < 4.78 is 0. The number of aldehydes is 1. The Morgan fingerprint density at radius 3 is 2.93 bits per heavy atom. The van der Waals surface area contributed by atoms with Crippen LogP contribution in [-0.2, 0) is 4.79 Å². The molecule has 0 bridgehead atoms. The van der Waals surface area contributed by atoms with Crippen molar-refractivity contribution >= 4 is 12.4 Å². The molecule has 0 aliphatic carbocycles. The highest BCUT2D eigenvalue weighted by Gasteiger charge is 1.90. The smallest absolute Gasteiger partial charge is 0.124 e. The lowest BCUT2D eigenvalue weighted by atomic mass is 10.1. The van der Waals surface area contributed by atoms with Crippen LogP contribution in [0.4, 0.5) is 0 Å². The molecule has 1 aromatic carbocycles. The zero-order valence-electron chi connectivity index (χ0n) is 8.86. The van der Waals surface area contributed by atoms with Crippen LogP contribution in [0.5, 0.6) is 0 Å². The van der Waals surface area contributed by atoms with Crippen LogP contribution in [0, 0.1) is 6.92 Å². The van der Waals surface area contributed by atoms with Crippen molar-refractivity contribution in [1.29, 1.82) is 0 Å². The largest absolute Gasteiger partial charge is 0.303 e. The second-order valence-corrected chi connectivity index (χ2v) is 3.32. The Morgan fingerprint density at radius 2 is 2.33 bits per heavy atom. The van der Waals surface area contributed by atoms with Gasteiger partial charge >= 0.3 is 0 Å². The van der Waals surface area contributed by atoms with Gasteiger partial charge in [0.25, 0.3) is 0 Å². The fourth-order valence-electron chi connectivity index (χ4n) is 1.26. The lowest BCUT2D eigenvalue weighted by Gasteiger charge is -1.95. The molecule has 1 rings (SSSR count). The number of carbonyl (C=O) groups is 1. The second kappa shape index (κ2) is 5.79. The van der Waals surface area contributed by atoms with E-state index in [0.29, 0.717) is 6.42 Å². The molecule has 1 nitrogen and oxygen atoms in total. The zero-order valence-corrected chi connectivity index (χ0v) is 8.86. The monoisotopic (exact) mass is 198 g/mol. The molecule has 0 radical (unpaired) electrons. The number of aryl methyl sites for hydroxylation is 1. The average molecular weight is 198 g/mol. The van der Waals surface area contributed by atoms with Gasteiger partial charge in [-0.05, 0) is 12.5 Å². The summed E-state index contributed by atoms with van der Waals surface area (Å²) in [6.07, 6.45) is 5.06. The van der Waals surface area contributed by atoms with Gasteiger partial charge in [0.15, 0.2) is 0 Å². The minimum atomic E-state index is 0.367. The molecule has 0 heterocycles. The predicted octanol–water partition coefficient (Wildman–Crippen LogP) is 3.31. The van der Waals surface area contributed by atoms with E-state index >= 15 is 0 Å². The Kier molecular flexibility index (Phi) is 4.33. The van der Waals surface area contributed by atoms with E-state index in [1.54, 1.807) is 0 Å². The molecule has 0 N–H and O–H groups in total. The summed E-state index contributed by atoms with van der Waals surface area (Å²) in [4.78, 5) is 10.3. The molecule has 0 saturated carbocycles. The van der Waals surface area contributed by atoms with Crippen LogP contribution >= 0.6 is 0 Å². The Morgan fingerprint density at radius 1 is 1.53 bits per heavy atom. The molecule has 15 heavy (non-hydrogen) atoms. The Bertz CT molecular complexity index is 421. The predicted molar refractivity (Wildman–Crippen MR) is 63.5 cm³/mol. The third kappa shape index (κ3) is 3.80. The molecule has 0 saturated heterocycles. The number of hydrogen-bond acceptors (Lipinski definition) is 1. The van der Waals surface area contributed by atoms with E-state index in [9.17, 15) is 4.79 Å². The lowest BCUT2D eigenvalue weighted by molar-refractivity contribution is -0.107. The topological polar surface area (TPSA) is 17.1 Å². The quantitative estimate of drug-likeness (QED) is 0.412. The van der Waals surface area contributed by atoms with Crippen molar-refractivity contribution in [3.8, 4) is 0 Å². The Hall–Kier alpha value is -1.85. The van der Waals surface area contributed by atoms with Gasteiger partial charge in [0.1, 0.15) is 6.29 Å². The Balaban J connectivity index is 2.81. The van der Waals surface area contributed by atoms with E-state index in [2.05, 4.69) is 18.4 Å². The van der Waals surface area contributed by atoms with Crippen LogP contribution in [0.25, 0.3) is 6.08 Å². The average Bonchev–Trinajstić information content (AvgIpc) is 2.24. The van der Waals surface area contributed by atoms with Gasteiger partial charge in [-0.2, -0.15) is 0 Å². The SMILES string of the molecule is C=C=C(/C=C/c1cccc(C)c1)CC=O. The van der Waals surface area contributed by atoms with Crippen molar-refractivity contribution < 1.29 is 4.79 Å². The molecular formula is C14H14O. The summed E-state index contributed by atoms with van der Waals surface area (Å²) in [5.74, 6) is 0. The van der Waals surface area contributed by atoms with Gasteiger partial charge in [-0.3, -0.25) is 0 Å². The first-order valence-electron chi connectivity index (χ1n) is 4.83. The molecule has 76 valence electrons. The molecule has 1 aromatic rings. The molecule has 0 unspecified atom stereocenters.